The van der Waals surface area contributed by atoms with Gasteiger partial charge >= 0.3 is 0 Å². The first-order valence-corrected chi connectivity index (χ1v) is 8.55. The molecular formula is C18H22Cl2. The molecule has 2 heteroatoms. The number of hydrogen-bond acceptors (Lipinski definition) is 0. The highest BCUT2D eigenvalue weighted by molar-refractivity contribution is 6.18. The van der Waals surface area contributed by atoms with E-state index < -0.39 is 0 Å². The summed E-state index contributed by atoms with van der Waals surface area (Å²) in [6.45, 7) is 0. The first kappa shape index (κ1) is 15.7. The van der Waals surface area contributed by atoms with Gasteiger partial charge in [-0.05, 0) is 60.4 Å². The van der Waals surface area contributed by atoms with Crippen LogP contribution in [0.15, 0.2) is 36.4 Å². The standard InChI is InChI=1S/C18H22Cl2/c19-13-5-3-7-15-11-12-16(8-4-6-14-20)18-10-2-1-9-17(15)18/h1-2,9-12H,3-8,13-14H2. The van der Waals surface area contributed by atoms with E-state index >= 15 is 0 Å². The summed E-state index contributed by atoms with van der Waals surface area (Å²) in [6.07, 6.45) is 6.75. The number of hydrogen-bond donors (Lipinski definition) is 0. The summed E-state index contributed by atoms with van der Waals surface area (Å²) in [4.78, 5) is 0. The van der Waals surface area contributed by atoms with Crippen LogP contribution in [0.25, 0.3) is 10.8 Å². The van der Waals surface area contributed by atoms with Gasteiger partial charge in [0.2, 0.25) is 0 Å². The van der Waals surface area contributed by atoms with Gasteiger partial charge in [-0.15, -0.1) is 23.2 Å². The molecular weight excluding hydrogens is 287 g/mol. The fraction of sp³-hybridized carbons (Fsp3) is 0.444. The quantitative estimate of drug-likeness (QED) is 0.417. The number of fused-ring (bicyclic) bond motifs is 1. The molecule has 0 fully saturated rings. The van der Waals surface area contributed by atoms with Crippen LogP contribution in [0.1, 0.15) is 36.8 Å². The number of benzene rings is 2. The summed E-state index contributed by atoms with van der Waals surface area (Å²) >= 11 is 11.5. The average Bonchev–Trinajstić information content (AvgIpc) is 2.49. The lowest BCUT2D eigenvalue weighted by Gasteiger charge is -2.11. The van der Waals surface area contributed by atoms with Crippen LogP contribution in [0.4, 0.5) is 0 Å². The number of rotatable bonds is 8. The molecule has 0 unspecified atom stereocenters. The Labute approximate surface area is 132 Å². The van der Waals surface area contributed by atoms with Gasteiger partial charge in [-0.1, -0.05) is 36.4 Å². The minimum absolute atomic E-state index is 0.758. The predicted molar refractivity (Wildman–Crippen MR) is 91.3 cm³/mol. The number of aryl methyl sites for hydroxylation is 2. The maximum absolute atomic E-state index is 5.77. The van der Waals surface area contributed by atoms with Crippen molar-refractivity contribution < 1.29 is 0 Å². The average molecular weight is 309 g/mol. The van der Waals surface area contributed by atoms with E-state index in [0.717, 1.165) is 37.4 Å². The predicted octanol–water partition coefficient (Wildman–Crippen LogP) is 5.96. The maximum atomic E-state index is 5.77. The summed E-state index contributed by atoms with van der Waals surface area (Å²) < 4.78 is 0. The lowest BCUT2D eigenvalue weighted by atomic mass is 9.94. The summed E-state index contributed by atoms with van der Waals surface area (Å²) in [5.74, 6) is 1.52. The molecule has 0 heterocycles. The van der Waals surface area contributed by atoms with Crippen molar-refractivity contribution in [3.8, 4) is 0 Å². The molecule has 0 saturated carbocycles. The summed E-state index contributed by atoms with van der Waals surface area (Å²) in [7, 11) is 0. The Morgan fingerprint density at radius 1 is 0.600 bits per heavy atom. The van der Waals surface area contributed by atoms with Crippen molar-refractivity contribution in [2.75, 3.05) is 11.8 Å². The topological polar surface area (TPSA) is 0 Å². The Bertz CT molecular complexity index is 485. The van der Waals surface area contributed by atoms with Gasteiger partial charge in [-0.2, -0.15) is 0 Å². The van der Waals surface area contributed by atoms with Crippen LogP contribution >= 0.6 is 23.2 Å². The molecule has 0 aromatic heterocycles. The van der Waals surface area contributed by atoms with E-state index in [2.05, 4.69) is 36.4 Å². The lowest BCUT2D eigenvalue weighted by Crippen LogP contribution is -1.94. The van der Waals surface area contributed by atoms with Crippen molar-refractivity contribution in [1.29, 1.82) is 0 Å². The molecule has 2 aromatic carbocycles. The molecule has 0 radical (unpaired) electrons. The van der Waals surface area contributed by atoms with Crippen molar-refractivity contribution in [3.63, 3.8) is 0 Å². The SMILES string of the molecule is ClCCCCc1ccc(CCCCCl)c2ccccc12. The normalized spacial score (nSPS) is 11.1. The number of alkyl halides is 2. The summed E-state index contributed by atoms with van der Waals surface area (Å²) in [5.41, 5.74) is 2.90. The third-order valence-corrected chi connectivity index (χ3v) is 4.30. The van der Waals surface area contributed by atoms with E-state index in [1.165, 1.54) is 34.7 Å². The molecule has 0 bridgehead atoms. The van der Waals surface area contributed by atoms with E-state index in [1.54, 1.807) is 0 Å². The van der Waals surface area contributed by atoms with Gasteiger partial charge in [0, 0.05) is 11.8 Å². The van der Waals surface area contributed by atoms with Crippen molar-refractivity contribution in [1.82, 2.24) is 0 Å². The zero-order valence-electron chi connectivity index (χ0n) is 11.9. The van der Waals surface area contributed by atoms with E-state index in [9.17, 15) is 0 Å². The third kappa shape index (κ3) is 4.14. The van der Waals surface area contributed by atoms with Crippen molar-refractivity contribution in [2.24, 2.45) is 0 Å². The smallest absolute Gasteiger partial charge is 0.0223 e. The van der Waals surface area contributed by atoms with E-state index in [-0.39, 0.29) is 0 Å². The van der Waals surface area contributed by atoms with Gasteiger partial charge in [0.25, 0.3) is 0 Å². The van der Waals surface area contributed by atoms with Crippen LogP contribution in [0.3, 0.4) is 0 Å². The van der Waals surface area contributed by atoms with Crippen LogP contribution in [0.2, 0.25) is 0 Å². The Kier molecular flexibility index (Phi) is 6.69. The van der Waals surface area contributed by atoms with E-state index in [0.29, 0.717) is 0 Å². The van der Waals surface area contributed by atoms with E-state index in [1.807, 2.05) is 0 Å². The zero-order valence-corrected chi connectivity index (χ0v) is 13.4. The van der Waals surface area contributed by atoms with Crippen molar-refractivity contribution in [3.05, 3.63) is 47.5 Å². The van der Waals surface area contributed by atoms with Crippen LogP contribution < -0.4 is 0 Å². The molecule has 0 N–H and O–H groups in total. The molecule has 0 amide bonds. The minimum Gasteiger partial charge on any atom is -0.127 e. The molecule has 20 heavy (non-hydrogen) atoms. The Morgan fingerprint density at radius 2 is 1.05 bits per heavy atom. The van der Waals surface area contributed by atoms with Gasteiger partial charge in [-0.3, -0.25) is 0 Å². The molecule has 0 aliphatic rings. The Balaban J connectivity index is 2.22. The first-order chi connectivity index (χ1) is 9.86. The Hall–Kier alpha value is -0.720. The van der Waals surface area contributed by atoms with Gasteiger partial charge in [0.05, 0.1) is 0 Å². The first-order valence-electron chi connectivity index (χ1n) is 7.48. The minimum atomic E-state index is 0.758. The van der Waals surface area contributed by atoms with Crippen molar-refractivity contribution in [2.45, 2.75) is 38.5 Å². The molecule has 2 aromatic rings. The van der Waals surface area contributed by atoms with Gasteiger partial charge < -0.3 is 0 Å². The van der Waals surface area contributed by atoms with Crippen LogP contribution in [-0.2, 0) is 12.8 Å². The van der Waals surface area contributed by atoms with Crippen LogP contribution in [-0.4, -0.2) is 11.8 Å². The zero-order chi connectivity index (χ0) is 14.2. The van der Waals surface area contributed by atoms with Gasteiger partial charge in [-0.25, -0.2) is 0 Å². The number of unbranched alkanes of at least 4 members (excludes halogenated alkanes) is 2. The lowest BCUT2D eigenvalue weighted by molar-refractivity contribution is 0.797. The molecule has 108 valence electrons. The van der Waals surface area contributed by atoms with E-state index in [4.69, 9.17) is 23.2 Å². The highest BCUT2D eigenvalue weighted by Gasteiger charge is 2.05. The van der Waals surface area contributed by atoms with Gasteiger partial charge in [0.15, 0.2) is 0 Å². The van der Waals surface area contributed by atoms with Crippen molar-refractivity contribution >= 4 is 34.0 Å². The molecule has 0 saturated heterocycles. The largest absolute Gasteiger partial charge is 0.127 e. The fourth-order valence-corrected chi connectivity index (χ4v) is 3.06. The Morgan fingerprint density at radius 3 is 1.45 bits per heavy atom. The fourth-order valence-electron chi connectivity index (χ4n) is 2.68. The highest BCUT2D eigenvalue weighted by Crippen LogP contribution is 2.25. The second-order valence-electron chi connectivity index (χ2n) is 5.22. The van der Waals surface area contributed by atoms with Crippen LogP contribution in [0.5, 0.6) is 0 Å². The van der Waals surface area contributed by atoms with Crippen LogP contribution in [0, 0.1) is 0 Å². The summed E-state index contributed by atoms with van der Waals surface area (Å²) in [6, 6.07) is 13.4. The maximum Gasteiger partial charge on any atom is 0.0223 e. The highest BCUT2D eigenvalue weighted by atomic mass is 35.5. The third-order valence-electron chi connectivity index (χ3n) is 3.76. The molecule has 0 spiro atoms. The molecule has 0 atom stereocenters. The number of halogens is 2. The molecule has 0 aliphatic carbocycles. The second-order valence-corrected chi connectivity index (χ2v) is 5.98. The van der Waals surface area contributed by atoms with Gasteiger partial charge in [0.1, 0.15) is 0 Å². The molecule has 2 rings (SSSR count). The second kappa shape index (κ2) is 8.54. The monoisotopic (exact) mass is 308 g/mol. The molecule has 0 aliphatic heterocycles. The summed E-state index contributed by atoms with van der Waals surface area (Å²) in [5, 5.41) is 2.82. The molecule has 0 nitrogen and oxygen atoms in total.